The minimum absolute atomic E-state index is 0.00931. The molecule has 1 aromatic carbocycles. The van der Waals surface area contributed by atoms with E-state index in [1.54, 1.807) is 4.68 Å². The predicted molar refractivity (Wildman–Crippen MR) is 81.1 cm³/mol. The zero-order chi connectivity index (χ0) is 14.8. The average molecular weight is 287 g/mol. The topological polar surface area (TPSA) is 58.4 Å². The first-order valence-corrected chi connectivity index (χ1v) is 7.56. The van der Waals surface area contributed by atoms with Crippen molar-refractivity contribution >= 4 is 16.8 Å². The first-order valence-electron chi connectivity index (χ1n) is 7.56. The number of rotatable bonds is 3. The van der Waals surface area contributed by atoms with Crippen LogP contribution in [0.25, 0.3) is 10.9 Å². The van der Waals surface area contributed by atoms with E-state index in [0.717, 1.165) is 36.7 Å². The van der Waals surface area contributed by atoms with Crippen LogP contribution in [-0.2, 0) is 7.05 Å². The van der Waals surface area contributed by atoms with E-state index in [1.165, 1.54) is 0 Å². The molecule has 2 heterocycles. The summed E-state index contributed by atoms with van der Waals surface area (Å²) >= 11 is 0. The van der Waals surface area contributed by atoms with Crippen molar-refractivity contribution in [3.63, 3.8) is 0 Å². The summed E-state index contributed by atoms with van der Waals surface area (Å²) in [6, 6.07) is 7.94. The predicted octanol–water partition coefficient (Wildman–Crippen LogP) is 1.95. The maximum atomic E-state index is 12.9. The van der Waals surface area contributed by atoms with Crippen molar-refractivity contribution in [3.05, 3.63) is 30.0 Å². The molecule has 3 rings (SSSR count). The maximum absolute atomic E-state index is 12.9. The smallest absolute Gasteiger partial charge is 0.275 e. The number of benzene rings is 1. The zero-order valence-electron chi connectivity index (χ0n) is 12.3. The lowest BCUT2D eigenvalue weighted by Crippen LogP contribution is -2.44. The fraction of sp³-hybridized carbons (Fsp3) is 0.500. The van der Waals surface area contributed by atoms with Gasteiger partial charge in [-0.15, -0.1) is 0 Å². The van der Waals surface area contributed by atoms with Gasteiger partial charge in [-0.05, 0) is 31.7 Å². The Hall–Kier alpha value is -1.88. The highest BCUT2D eigenvalue weighted by molar-refractivity contribution is 6.05. The number of carbonyl (C=O) groups excluding carboxylic acids is 1. The van der Waals surface area contributed by atoms with Gasteiger partial charge in [0.1, 0.15) is 0 Å². The van der Waals surface area contributed by atoms with Gasteiger partial charge in [0, 0.05) is 31.6 Å². The minimum atomic E-state index is -0.00931. The van der Waals surface area contributed by atoms with Gasteiger partial charge in [-0.3, -0.25) is 9.48 Å². The molecule has 1 aromatic heterocycles. The fourth-order valence-corrected chi connectivity index (χ4v) is 3.22. The molecule has 1 unspecified atom stereocenters. The number of amides is 1. The molecule has 1 atom stereocenters. The number of fused-ring (bicyclic) bond motifs is 1. The highest BCUT2D eigenvalue weighted by Crippen LogP contribution is 2.24. The fourth-order valence-electron chi connectivity index (χ4n) is 3.22. The Morgan fingerprint density at radius 1 is 1.38 bits per heavy atom. The number of carbonyl (C=O) groups is 1. The Morgan fingerprint density at radius 3 is 3.00 bits per heavy atom. The van der Waals surface area contributed by atoms with Crippen molar-refractivity contribution < 1.29 is 9.90 Å². The van der Waals surface area contributed by atoms with E-state index in [0.29, 0.717) is 12.1 Å². The van der Waals surface area contributed by atoms with Crippen molar-refractivity contribution in [2.45, 2.75) is 31.7 Å². The lowest BCUT2D eigenvalue weighted by molar-refractivity contribution is 0.0570. The lowest BCUT2D eigenvalue weighted by Gasteiger charge is -2.35. The second kappa shape index (κ2) is 5.85. The summed E-state index contributed by atoms with van der Waals surface area (Å²) in [5.41, 5.74) is 1.49. The van der Waals surface area contributed by atoms with Gasteiger partial charge >= 0.3 is 0 Å². The third-order valence-corrected chi connectivity index (χ3v) is 4.31. The summed E-state index contributed by atoms with van der Waals surface area (Å²) < 4.78 is 1.76. The van der Waals surface area contributed by atoms with Gasteiger partial charge in [0.25, 0.3) is 5.91 Å². The molecule has 21 heavy (non-hydrogen) atoms. The Kier molecular flexibility index (Phi) is 3.92. The first-order chi connectivity index (χ1) is 10.2. The highest BCUT2D eigenvalue weighted by atomic mass is 16.3. The Bertz CT molecular complexity index is 648. The Labute approximate surface area is 124 Å². The number of aryl methyl sites for hydroxylation is 1. The normalized spacial score (nSPS) is 19.1. The van der Waals surface area contributed by atoms with Crippen molar-refractivity contribution in [1.82, 2.24) is 14.7 Å². The molecule has 1 saturated heterocycles. The van der Waals surface area contributed by atoms with Crippen molar-refractivity contribution in [3.8, 4) is 0 Å². The van der Waals surface area contributed by atoms with Gasteiger partial charge in [0.2, 0.25) is 0 Å². The van der Waals surface area contributed by atoms with Crippen LogP contribution in [0.1, 0.15) is 36.2 Å². The van der Waals surface area contributed by atoms with Crippen LogP contribution in [0.3, 0.4) is 0 Å². The molecule has 0 radical (unpaired) electrons. The molecule has 0 saturated carbocycles. The van der Waals surface area contributed by atoms with Crippen LogP contribution in [-0.4, -0.2) is 44.9 Å². The largest absolute Gasteiger partial charge is 0.396 e. The van der Waals surface area contributed by atoms with Gasteiger partial charge in [-0.25, -0.2) is 0 Å². The van der Waals surface area contributed by atoms with Crippen LogP contribution in [0.2, 0.25) is 0 Å². The monoisotopic (exact) mass is 287 g/mol. The molecule has 1 fully saturated rings. The van der Waals surface area contributed by atoms with E-state index in [2.05, 4.69) is 5.10 Å². The van der Waals surface area contributed by atoms with Crippen LogP contribution in [0.4, 0.5) is 0 Å². The summed E-state index contributed by atoms with van der Waals surface area (Å²) in [5, 5.41) is 14.5. The van der Waals surface area contributed by atoms with E-state index >= 15 is 0 Å². The number of hydrogen-bond acceptors (Lipinski definition) is 3. The molecule has 1 N–H and O–H groups in total. The summed E-state index contributed by atoms with van der Waals surface area (Å²) in [6.45, 7) is 0.881. The van der Waals surface area contributed by atoms with Crippen LogP contribution < -0.4 is 0 Å². The van der Waals surface area contributed by atoms with E-state index < -0.39 is 0 Å². The van der Waals surface area contributed by atoms with E-state index in [4.69, 9.17) is 0 Å². The highest BCUT2D eigenvalue weighted by Gasteiger charge is 2.29. The Morgan fingerprint density at radius 2 is 2.19 bits per heavy atom. The van der Waals surface area contributed by atoms with Gasteiger partial charge in [0.15, 0.2) is 5.69 Å². The summed E-state index contributed by atoms with van der Waals surface area (Å²) in [7, 11) is 1.86. The van der Waals surface area contributed by atoms with Crippen LogP contribution in [0.5, 0.6) is 0 Å². The maximum Gasteiger partial charge on any atom is 0.275 e. The standard InChI is InChI=1S/C16H21N3O2/c1-18-14-8-3-2-7-13(14)15(17-18)16(21)19-10-5-4-6-12(19)9-11-20/h2-3,7-8,12,20H,4-6,9-11H2,1H3. The number of piperidine rings is 1. The van der Waals surface area contributed by atoms with Crippen molar-refractivity contribution in [1.29, 1.82) is 0 Å². The van der Waals surface area contributed by atoms with Gasteiger partial charge in [-0.1, -0.05) is 18.2 Å². The number of nitrogens with zero attached hydrogens (tertiary/aromatic N) is 3. The summed E-state index contributed by atoms with van der Waals surface area (Å²) in [4.78, 5) is 14.8. The molecule has 0 spiro atoms. The molecule has 0 bridgehead atoms. The van der Waals surface area contributed by atoms with Gasteiger partial charge in [-0.2, -0.15) is 5.10 Å². The number of aliphatic hydroxyl groups is 1. The number of aromatic nitrogens is 2. The van der Waals surface area contributed by atoms with E-state index in [-0.39, 0.29) is 18.6 Å². The molecular formula is C16H21N3O2. The van der Waals surface area contributed by atoms with E-state index in [9.17, 15) is 9.90 Å². The SMILES string of the molecule is Cn1nc(C(=O)N2CCCCC2CCO)c2ccccc21. The second-order valence-corrected chi connectivity index (χ2v) is 5.65. The quantitative estimate of drug-likeness (QED) is 0.938. The van der Waals surface area contributed by atoms with Crippen LogP contribution in [0, 0.1) is 0 Å². The lowest BCUT2D eigenvalue weighted by atomic mass is 9.99. The molecular weight excluding hydrogens is 266 g/mol. The number of hydrogen-bond donors (Lipinski definition) is 1. The Balaban J connectivity index is 1.95. The molecule has 5 heteroatoms. The summed E-state index contributed by atoms with van der Waals surface area (Å²) in [6.07, 6.45) is 3.77. The molecule has 0 aliphatic carbocycles. The number of aliphatic hydroxyl groups excluding tert-OH is 1. The zero-order valence-corrected chi connectivity index (χ0v) is 12.3. The van der Waals surface area contributed by atoms with Crippen molar-refractivity contribution in [2.24, 2.45) is 7.05 Å². The third-order valence-electron chi connectivity index (χ3n) is 4.31. The van der Waals surface area contributed by atoms with Crippen LogP contribution in [0.15, 0.2) is 24.3 Å². The number of para-hydroxylation sites is 1. The number of likely N-dealkylation sites (tertiary alicyclic amines) is 1. The van der Waals surface area contributed by atoms with Crippen LogP contribution >= 0.6 is 0 Å². The molecule has 1 amide bonds. The molecule has 1 aliphatic rings. The summed E-state index contributed by atoms with van der Waals surface area (Å²) in [5.74, 6) is -0.00931. The second-order valence-electron chi connectivity index (χ2n) is 5.65. The minimum Gasteiger partial charge on any atom is -0.396 e. The molecule has 112 valence electrons. The van der Waals surface area contributed by atoms with Gasteiger partial charge < -0.3 is 10.0 Å². The average Bonchev–Trinajstić information content (AvgIpc) is 2.85. The molecule has 5 nitrogen and oxygen atoms in total. The third kappa shape index (κ3) is 2.53. The van der Waals surface area contributed by atoms with Gasteiger partial charge in [0.05, 0.1) is 5.52 Å². The first kappa shape index (κ1) is 14.1. The van der Waals surface area contributed by atoms with Crippen molar-refractivity contribution in [2.75, 3.05) is 13.2 Å². The molecule has 2 aromatic rings. The van der Waals surface area contributed by atoms with E-state index in [1.807, 2.05) is 36.2 Å². The molecule has 1 aliphatic heterocycles.